The highest BCUT2D eigenvalue weighted by atomic mass is 79.9. The summed E-state index contributed by atoms with van der Waals surface area (Å²) in [5.41, 5.74) is 0.921. The van der Waals surface area contributed by atoms with E-state index in [4.69, 9.17) is 4.74 Å². The minimum Gasteiger partial charge on any atom is -0.377 e. The number of halogens is 2. The van der Waals surface area contributed by atoms with Gasteiger partial charge in [-0.05, 0) is 41.4 Å². The van der Waals surface area contributed by atoms with Crippen LogP contribution >= 0.6 is 15.9 Å². The molecule has 0 atom stereocenters. The van der Waals surface area contributed by atoms with Crippen molar-refractivity contribution in [1.29, 1.82) is 0 Å². The summed E-state index contributed by atoms with van der Waals surface area (Å²) < 4.78 is 19.1. The Morgan fingerprint density at radius 1 is 1.44 bits per heavy atom. The van der Waals surface area contributed by atoms with Gasteiger partial charge in [-0.15, -0.1) is 0 Å². The quantitative estimate of drug-likeness (QED) is 0.813. The maximum absolute atomic E-state index is 13.2. The Bertz CT molecular complexity index is 331. The van der Waals surface area contributed by atoms with E-state index in [2.05, 4.69) is 21.2 Å². The van der Waals surface area contributed by atoms with Crippen molar-refractivity contribution in [3.63, 3.8) is 0 Å². The molecule has 2 nitrogen and oxygen atoms in total. The standard InChI is InChI=1S/C12H17BrFNO/c1-9(2)16-7-6-15-8-10-4-3-5-11(14)12(10)13/h3-5,9,15H,6-8H2,1-2H3. The summed E-state index contributed by atoms with van der Waals surface area (Å²) in [7, 11) is 0. The lowest BCUT2D eigenvalue weighted by molar-refractivity contribution is 0.0807. The first-order valence-electron chi connectivity index (χ1n) is 5.36. The van der Waals surface area contributed by atoms with Crippen molar-refractivity contribution in [2.75, 3.05) is 13.2 Å². The minimum absolute atomic E-state index is 0.224. The number of rotatable bonds is 6. The van der Waals surface area contributed by atoms with Gasteiger partial charge < -0.3 is 10.1 Å². The van der Waals surface area contributed by atoms with Crippen molar-refractivity contribution in [2.45, 2.75) is 26.5 Å². The van der Waals surface area contributed by atoms with Crippen LogP contribution < -0.4 is 5.32 Å². The molecule has 0 fully saturated rings. The molecule has 0 bridgehead atoms. The molecule has 0 aliphatic heterocycles. The zero-order valence-electron chi connectivity index (χ0n) is 9.59. The Labute approximate surface area is 104 Å². The predicted octanol–water partition coefficient (Wildman–Crippen LogP) is 3.10. The van der Waals surface area contributed by atoms with Gasteiger partial charge >= 0.3 is 0 Å². The van der Waals surface area contributed by atoms with Crippen molar-refractivity contribution < 1.29 is 9.13 Å². The molecule has 0 aromatic heterocycles. The first-order valence-corrected chi connectivity index (χ1v) is 6.15. The third kappa shape index (κ3) is 4.60. The smallest absolute Gasteiger partial charge is 0.137 e. The summed E-state index contributed by atoms with van der Waals surface area (Å²) in [6, 6.07) is 5.04. The van der Waals surface area contributed by atoms with Gasteiger partial charge in [0.2, 0.25) is 0 Å². The molecule has 1 aromatic rings. The third-order valence-corrected chi connectivity index (χ3v) is 2.97. The highest BCUT2D eigenvalue weighted by Crippen LogP contribution is 2.19. The van der Waals surface area contributed by atoms with Gasteiger partial charge in [-0.25, -0.2) is 4.39 Å². The fraction of sp³-hybridized carbons (Fsp3) is 0.500. The van der Waals surface area contributed by atoms with Crippen LogP contribution in [0.25, 0.3) is 0 Å². The maximum atomic E-state index is 13.2. The molecule has 4 heteroatoms. The molecule has 1 N–H and O–H groups in total. The van der Waals surface area contributed by atoms with E-state index in [1.165, 1.54) is 6.07 Å². The van der Waals surface area contributed by atoms with Gasteiger partial charge in [-0.1, -0.05) is 12.1 Å². The molecular formula is C12H17BrFNO. The Morgan fingerprint density at radius 3 is 2.88 bits per heavy atom. The van der Waals surface area contributed by atoms with E-state index in [0.29, 0.717) is 17.6 Å². The molecule has 1 aromatic carbocycles. The normalized spacial score (nSPS) is 11.1. The number of benzene rings is 1. The minimum atomic E-state index is -0.224. The van der Waals surface area contributed by atoms with Gasteiger partial charge in [0.25, 0.3) is 0 Å². The highest BCUT2D eigenvalue weighted by Gasteiger charge is 2.03. The molecule has 1 rings (SSSR count). The first-order chi connectivity index (χ1) is 7.61. The van der Waals surface area contributed by atoms with Gasteiger partial charge in [0, 0.05) is 13.1 Å². The van der Waals surface area contributed by atoms with Crippen LogP contribution in [0.2, 0.25) is 0 Å². The van der Waals surface area contributed by atoms with Crippen molar-refractivity contribution in [3.8, 4) is 0 Å². The van der Waals surface area contributed by atoms with Gasteiger partial charge in [0.1, 0.15) is 5.82 Å². The summed E-state index contributed by atoms with van der Waals surface area (Å²) in [6.45, 7) is 6.08. The zero-order chi connectivity index (χ0) is 12.0. The van der Waals surface area contributed by atoms with Crippen LogP contribution in [0.3, 0.4) is 0 Å². The molecule has 0 radical (unpaired) electrons. The van der Waals surface area contributed by atoms with Gasteiger partial charge in [-0.2, -0.15) is 0 Å². The number of hydrogen-bond acceptors (Lipinski definition) is 2. The van der Waals surface area contributed by atoms with E-state index in [-0.39, 0.29) is 11.9 Å². The van der Waals surface area contributed by atoms with Crippen molar-refractivity contribution >= 4 is 15.9 Å². The van der Waals surface area contributed by atoms with Crippen LogP contribution in [0.4, 0.5) is 4.39 Å². The first kappa shape index (κ1) is 13.6. The Hall–Kier alpha value is -0.450. The zero-order valence-corrected chi connectivity index (χ0v) is 11.2. The second kappa shape index (κ2) is 6.99. The van der Waals surface area contributed by atoms with Crippen LogP contribution in [0.15, 0.2) is 22.7 Å². The van der Waals surface area contributed by atoms with Crippen LogP contribution in [0.1, 0.15) is 19.4 Å². The third-order valence-electron chi connectivity index (χ3n) is 2.08. The SMILES string of the molecule is CC(C)OCCNCc1cccc(F)c1Br. The monoisotopic (exact) mass is 289 g/mol. The van der Waals surface area contributed by atoms with Crippen LogP contribution in [0, 0.1) is 5.82 Å². The molecule has 0 saturated carbocycles. The maximum Gasteiger partial charge on any atom is 0.137 e. The van der Waals surface area contributed by atoms with E-state index in [1.54, 1.807) is 6.07 Å². The summed E-state index contributed by atoms with van der Waals surface area (Å²) >= 11 is 3.23. The van der Waals surface area contributed by atoms with Crippen LogP contribution in [0.5, 0.6) is 0 Å². The predicted molar refractivity (Wildman–Crippen MR) is 66.9 cm³/mol. The van der Waals surface area contributed by atoms with Crippen molar-refractivity contribution in [3.05, 3.63) is 34.1 Å². The lowest BCUT2D eigenvalue weighted by atomic mass is 10.2. The summed E-state index contributed by atoms with van der Waals surface area (Å²) in [5, 5.41) is 3.20. The van der Waals surface area contributed by atoms with Gasteiger partial charge in [0.15, 0.2) is 0 Å². The Balaban J connectivity index is 2.29. The largest absolute Gasteiger partial charge is 0.377 e. The second-order valence-electron chi connectivity index (χ2n) is 3.81. The van der Waals surface area contributed by atoms with E-state index in [1.807, 2.05) is 19.9 Å². The Morgan fingerprint density at radius 2 is 2.19 bits per heavy atom. The topological polar surface area (TPSA) is 21.3 Å². The number of ether oxygens (including phenoxy) is 1. The average Bonchev–Trinajstić information content (AvgIpc) is 2.23. The molecule has 0 aliphatic carbocycles. The lowest BCUT2D eigenvalue weighted by Gasteiger charge is -2.09. The summed E-state index contributed by atoms with van der Waals surface area (Å²) in [5.74, 6) is -0.224. The number of nitrogens with one attached hydrogen (secondary N) is 1. The van der Waals surface area contributed by atoms with Crippen LogP contribution in [-0.4, -0.2) is 19.3 Å². The molecule has 0 heterocycles. The van der Waals surface area contributed by atoms with Crippen molar-refractivity contribution in [1.82, 2.24) is 5.32 Å². The molecule has 90 valence electrons. The summed E-state index contributed by atoms with van der Waals surface area (Å²) in [6.07, 6.45) is 0.253. The van der Waals surface area contributed by atoms with E-state index in [9.17, 15) is 4.39 Å². The molecule has 0 amide bonds. The van der Waals surface area contributed by atoms with E-state index in [0.717, 1.165) is 12.1 Å². The molecule has 0 unspecified atom stereocenters. The average molecular weight is 290 g/mol. The molecule has 0 aliphatic rings. The Kier molecular flexibility index (Phi) is 5.95. The molecule has 0 spiro atoms. The second-order valence-corrected chi connectivity index (χ2v) is 4.60. The fourth-order valence-corrected chi connectivity index (χ4v) is 1.68. The van der Waals surface area contributed by atoms with Gasteiger partial charge in [0.05, 0.1) is 17.2 Å². The molecular weight excluding hydrogens is 273 g/mol. The van der Waals surface area contributed by atoms with Crippen LogP contribution in [-0.2, 0) is 11.3 Å². The van der Waals surface area contributed by atoms with Crippen molar-refractivity contribution in [2.24, 2.45) is 0 Å². The lowest BCUT2D eigenvalue weighted by Crippen LogP contribution is -2.21. The highest BCUT2D eigenvalue weighted by molar-refractivity contribution is 9.10. The molecule has 0 saturated heterocycles. The fourth-order valence-electron chi connectivity index (χ4n) is 1.27. The summed E-state index contributed by atoms with van der Waals surface area (Å²) in [4.78, 5) is 0. The van der Waals surface area contributed by atoms with E-state index >= 15 is 0 Å². The molecule has 16 heavy (non-hydrogen) atoms. The number of hydrogen-bond donors (Lipinski definition) is 1. The van der Waals surface area contributed by atoms with E-state index < -0.39 is 0 Å². The van der Waals surface area contributed by atoms with Gasteiger partial charge in [-0.3, -0.25) is 0 Å².